The van der Waals surface area contributed by atoms with Gasteiger partial charge in [0.25, 0.3) is 11.8 Å². The highest BCUT2D eigenvalue weighted by atomic mass is 19.4. The molecule has 0 aliphatic heterocycles. The van der Waals surface area contributed by atoms with Crippen molar-refractivity contribution in [2.24, 2.45) is 0 Å². The Morgan fingerprint density at radius 1 is 1.00 bits per heavy atom. The van der Waals surface area contributed by atoms with E-state index in [-0.39, 0.29) is 35.3 Å². The molecule has 0 bridgehead atoms. The van der Waals surface area contributed by atoms with E-state index in [9.17, 15) is 22.8 Å². The minimum absolute atomic E-state index is 0.0601. The molecule has 4 aromatic rings. The Kier molecular flexibility index (Phi) is 7.61. The van der Waals surface area contributed by atoms with Crippen molar-refractivity contribution in [3.05, 3.63) is 71.5 Å². The molecule has 15 heteroatoms. The van der Waals surface area contributed by atoms with Crippen molar-refractivity contribution < 1.29 is 32.2 Å². The second-order valence-corrected chi connectivity index (χ2v) is 9.58. The van der Waals surface area contributed by atoms with Crippen LogP contribution in [0.5, 0.6) is 11.6 Å². The zero-order valence-corrected chi connectivity index (χ0v) is 21.6. The number of amides is 2. The van der Waals surface area contributed by atoms with Gasteiger partial charge in [0.1, 0.15) is 34.9 Å². The third kappa shape index (κ3) is 6.92. The van der Waals surface area contributed by atoms with Crippen LogP contribution in [0.1, 0.15) is 26.4 Å². The Labute approximate surface area is 224 Å². The summed E-state index contributed by atoms with van der Waals surface area (Å²) in [5.74, 6) is -1.14. The van der Waals surface area contributed by atoms with Crippen molar-refractivity contribution in [1.82, 2.24) is 25.8 Å². The van der Waals surface area contributed by atoms with E-state index in [2.05, 4.69) is 30.6 Å². The molecule has 0 aliphatic rings. The number of halogens is 3. The minimum Gasteiger partial charge on any atom is -0.498 e. The van der Waals surface area contributed by atoms with Gasteiger partial charge in [-0.3, -0.25) is 14.7 Å². The molecule has 3 N–H and O–H groups in total. The first-order valence-corrected chi connectivity index (χ1v) is 11.9. The predicted octanol–water partition coefficient (Wildman–Crippen LogP) is 0.702. The summed E-state index contributed by atoms with van der Waals surface area (Å²) in [7, 11) is 6.95. The Morgan fingerprint density at radius 3 is 2.46 bits per heavy atom. The summed E-state index contributed by atoms with van der Waals surface area (Å²) in [6, 6.07) is 12.3. The van der Waals surface area contributed by atoms with E-state index in [1.54, 1.807) is 36.5 Å². The summed E-state index contributed by atoms with van der Waals surface area (Å²) in [6.07, 6.45) is -3.26. The number of hydrogen-bond donors (Lipinski definition) is 3. The number of carbonyl (C=O) groups is 2. The van der Waals surface area contributed by atoms with Crippen LogP contribution >= 0.6 is 0 Å². The van der Waals surface area contributed by atoms with Crippen LogP contribution < -0.4 is 20.1 Å². The van der Waals surface area contributed by atoms with Crippen LogP contribution in [-0.4, -0.2) is 69.2 Å². The van der Waals surface area contributed by atoms with Gasteiger partial charge in [-0.15, -0.1) is 13.2 Å². The fraction of sp³-hybridized carbons (Fsp3) is 0.167. The number of fused-ring (bicyclic) bond motifs is 1. The molecule has 9 nitrogen and oxygen atoms in total. The first-order chi connectivity index (χ1) is 18.3. The number of pyridine rings is 1. The summed E-state index contributed by atoms with van der Waals surface area (Å²) in [6.45, 7) is -0.0601. The average molecular weight is 535 g/mol. The summed E-state index contributed by atoms with van der Waals surface area (Å²) >= 11 is 0. The number of H-pyrrole nitrogens is 1. The Bertz CT molecular complexity index is 1540. The second kappa shape index (κ2) is 10.8. The number of carbonyl (C=O) groups excluding carboxylic acids is 2. The van der Waals surface area contributed by atoms with E-state index < -0.39 is 17.6 Å². The van der Waals surface area contributed by atoms with Crippen LogP contribution in [-0.2, 0) is 6.54 Å². The molecular formula is C24H23B3F3N5O4. The lowest BCUT2D eigenvalue weighted by molar-refractivity contribution is -0.274. The van der Waals surface area contributed by atoms with Gasteiger partial charge < -0.3 is 20.1 Å². The summed E-state index contributed by atoms with van der Waals surface area (Å²) in [4.78, 5) is 29.7. The number of aromatic nitrogens is 3. The molecule has 2 heterocycles. The van der Waals surface area contributed by atoms with Crippen LogP contribution in [0, 0.1) is 0 Å². The first kappa shape index (κ1) is 27.6. The molecule has 0 saturated heterocycles. The van der Waals surface area contributed by atoms with Crippen molar-refractivity contribution in [2.45, 2.75) is 18.2 Å². The maximum Gasteiger partial charge on any atom is 0.573 e. The lowest BCUT2D eigenvalue weighted by atomic mass is 9.52. The molecule has 0 aliphatic carbocycles. The van der Waals surface area contributed by atoms with E-state index >= 15 is 0 Å². The van der Waals surface area contributed by atoms with Gasteiger partial charge in [-0.1, -0.05) is 18.2 Å². The van der Waals surface area contributed by atoms with Crippen LogP contribution in [0.4, 0.5) is 13.2 Å². The van der Waals surface area contributed by atoms with Crippen LogP contribution in [0.15, 0.2) is 54.7 Å². The topological polar surface area (TPSA) is 118 Å². The number of nitrogens with one attached hydrogen (secondary N) is 3. The minimum atomic E-state index is -4.82. The van der Waals surface area contributed by atoms with Crippen molar-refractivity contribution in [2.75, 3.05) is 7.05 Å². The van der Waals surface area contributed by atoms with Crippen molar-refractivity contribution in [3.8, 4) is 22.8 Å². The highest BCUT2D eigenvalue weighted by molar-refractivity contribution is 6.58. The standard InChI is InChI=1S/C24H23B3F3N5O4/c1-31-21(37)19-16-6-5-13(9-18(16)34-35-19)14-8-17(22(33-11-14)39-23(25,26)27)20(36)32-10-12-3-2-4-15(7-12)38-24(28,29)30/h2-9,11H,10,25-27H2,1H3,(H,31,37)(H,32,36)(H,34,35). The third-order valence-electron chi connectivity index (χ3n) is 5.42. The Balaban J connectivity index is 1.62. The first-order valence-electron chi connectivity index (χ1n) is 11.9. The van der Waals surface area contributed by atoms with Gasteiger partial charge in [-0.05, 0) is 41.5 Å². The molecule has 2 aromatic carbocycles. The monoisotopic (exact) mass is 535 g/mol. The summed E-state index contributed by atoms with van der Waals surface area (Å²) in [5, 5.41) is 12.1. The van der Waals surface area contributed by atoms with Gasteiger partial charge in [0.2, 0.25) is 5.88 Å². The van der Waals surface area contributed by atoms with Gasteiger partial charge in [0, 0.05) is 36.0 Å². The Hall–Kier alpha value is -4.42. The van der Waals surface area contributed by atoms with Crippen molar-refractivity contribution in [3.63, 3.8) is 0 Å². The van der Waals surface area contributed by atoms with Gasteiger partial charge in [0.15, 0.2) is 5.69 Å². The smallest absolute Gasteiger partial charge is 0.498 e. The number of ether oxygens (including phenoxy) is 2. The van der Waals surface area contributed by atoms with Crippen molar-refractivity contribution in [1.29, 1.82) is 0 Å². The lowest BCUT2D eigenvalue weighted by Gasteiger charge is -2.23. The third-order valence-corrected chi connectivity index (χ3v) is 5.42. The molecule has 0 fully saturated rings. The number of aromatic amines is 1. The number of rotatable bonds is 8. The molecule has 2 aromatic heterocycles. The zero-order valence-electron chi connectivity index (χ0n) is 21.6. The molecule has 198 valence electrons. The predicted molar refractivity (Wildman–Crippen MR) is 146 cm³/mol. The maximum absolute atomic E-state index is 13.2. The van der Waals surface area contributed by atoms with Crippen LogP contribution in [0.3, 0.4) is 0 Å². The largest absolute Gasteiger partial charge is 0.573 e. The van der Waals surface area contributed by atoms with E-state index in [1.807, 2.05) is 23.5 Å². The van der Waals surface area contributed by atoms with Crippen LogP contribution in [0.25, 0.3) is 22.0 Å². The molecular weight excluding hydrogens is 512 g/mol. The van der Waals surface area contributed by atoms with E-state index in [0.717, 1.165) is 0 Å². The number of nitrogens with zero attached hydrogens (tertiary/aromatic N) is 2. The van der Waals surface area contributed by atoms with Gasteiger partial charge >= 0.3 is 6.36 Å². The van der Waals surface area contributed by atoms with Gasteiger partial charge in [0.05, 0.1) is 5.52 Å². The average Bonchev–Trinajstić information content (AvgIpc) is 3.29. The number of benzene rings is 2. The molecule has 0 radical (unpaired) electrons. The molecule has 0 spiro atoms. The highest BCUT2D eigenvalue weighted by Gasteiger charge is 2.31. The zero-order chi connectivity index (χ0) is 28.4. The summed E-state index contributed by atoms with van der Waals surface area (Å²) in [5.41, 5.74) is 2.73. The molecule has 4 rings (SSSR count). The van der Waals surface area contributed by atoms with E-state index in [0.29, 0.717) is 27.6 Å². The second-order valence-electron chi connectivity index (χ2n) is 9.58. The maximum atomic E-state index is 13.2. The van der Waals surface area contributed by atoms with E-state index in [4.69, 9.17) is 4.74 Å². The molecule has 0 unspecified atom stereocenters. The fourth-order valence-corrected chi connectivity index (χ4v) is 3.76. The van der Waals surface area contributed by atoms with Gasteiger partial charge in [-0.25, -0.2) is 4.98 Å². The normalized spacial score (nSPS) is 11.7. The van der Waals surface area contributed by atoms with Crippen molar-refractivity contribution >= 4 is 46.3 Å². The summed E-state index contributed by atoms with van der Waals surface area (Å²) < 4.78 is 47.6. The molecule has 39 heavy (non-hydrogen) atoms. The Morgan fingerprint density at radius 2 is 1.77 bits per heavy atom. The molecule has 2 amide bonds. The fourth-order valence-electron chi connectivity index (χ4n) is 3.76. The highest BCUT2D eigenvalue weighted by Crippen LogP contribution is 2.29. The van der Waals surface area contributed by atoms with Crippen LogP contribution in [0.2, 0.25) is 0 Å². The number of hydrogen-bond acceptors (Lipinski definition) is 6. The number of alkyl halides is 3. The lowest BCUT2D eigenvalue weighted by Crippen LogP contribution is -2.38. The molecule has 0 saturated carbocycles. The molecule has 0 atom stereocenters. The quantitative estimate of drug-likeness (QED) is 0.287. The SMILES string of the molecule is BC(B)(B)Oc1ncc(-c2ccc3c(C(=O)NC)n[nH]c3c2)cc1C(=O)NCc1cccc(OC(F)(F)F)c1. The van der Waals surface area contributed by atoms with E-state index in [1.165, 1.54) is 25.2 Å². The van der Waals surface area contributed by atoms with Gasteiger partial charge in [-0.2, -0.15) is 5.10 Å².